The monoisotopic (exact) mass is 477 g/mol. The fourth-order valence-electron chi connectivity index (χ4n) is 5.20. The molecule has 0 bridgehead atoms. The van der Waals surface area contributed by atoms with Crippen molar-refractivity contribution in [1.82, 2.24) is 14.9 Å². The number of pyridine rings is 2. The van der Waals surface area contributed by atoms with E-state index in [0.29, 0.717) is 19.4 Å². The van der Waals surface area contributed by atoms with Crippen LogP contribution in [0, 0.1) is 11.8 Å². The Bertz CT molecular complexity index is 1110. The number of methoxy groups -OCH3 is 1. The summed E-state index contributed by atoms with van der Waals surface area (Å²) < 4.78 is 5.34. The molecule has 1 aliphatic rings. The Balaban J connectivity index is 1.30. The van der Waals surface area contributed by atoms with Crippen LogP contribution in [0.25, 0.3) is 10.9 Å². The summed E-state index contributed by atoms with van der Waals surface area (Å²) >= 11 is 0. The predicted octanol–water partition coefficient (Wildman–Crippen LogP) is 4.50. The number of aliphatic hydroxyl groups is 1. The molecule has 1 saturated heterocycles. The molecule has 7 heteroatoms. The number of fused-ring (bicyclic) bond motifs is 1. The third kappa shape index (κ3) is 6.55. The zero-order chi connectivity index (χ0) is 24.6. The van der Waals surface area contributed by atoms with Crippen molar-refractivity contribution in [3.8, 4) is 5.75 Å². The zero-order valence-corrected chi connectivity index (χ0v) is 20.3. The van der Waals surface area contributed by atoms with E-state index in [9.17, 15) is 15.0 Å². The first kappa shape index (κ1) is 25.1. The van der Waals surface area contributed by atoms with Gasteiger partial charge in [0.05, 0.1) is 24.6 Å². The number of unbranched alkanes of at least 4 members (excludes halogenated alkanes) is 1. The summed E-state index contributed by atoms with van der Waals surface area (Å²) in [7, 11) is 1.62. The SMILES string of the molecule is COc1ccc2nccc(C(O)CC[C@@H]3CCN(CCCCc4cccnc4)C[C@@H]3C(=O)O)c2c1. The fourth-order valence-corrected chi connectivity index (χ4v) is 5.20. The van der Waals surface area contributed by atoms with E-state index in [2.05, 4.69) is 20.9 Å². The molecule has 0 saturated carbocycles. The number of carboxylic acids is 1. The minimum atomic E-state index is -0.733. The molecule has 3 aromatic rings. The van der Waals surface area contributed by atoms with Crippen molar-refractivity contribution in [2.24, 2.45) is 11.8 Å². The van der Waals surface area contributed by atoms with Gasteiger partial charge in [-0.25, -0.2) is 0 Å². The molecule has 3 atom stereocenters. The average Bonchev–Trinajstić information content (AvgIpc) is 2.89. The van der Waals surface area contributed by atoms with Crippen molar-refractivity contribution in [3.63, 3.8) is 0 Å². The van der Waals surface area contributed by atoms with Crippen LogP contribution < -0.4 is 4.74 Å². The smallest absolute Gasteiger partial charge is 0.308 e. The molecule has 1 aromatic carbocycles. The molecule has 0 amide bonds. The second kappa shape index (κ2) is 12.1. The van der Waals surface area contributed by atoms with Crippen LogP contribution in [-0.2, 0) is 11.2 Å². The molecule has 0 spiro atoms. The minimum absolute atomic E-state index is 0.0661. The number of benzene rings is 1. The number of rotatable bonds is 11. The molecule has 2 aromatic heterocycles. The summed E-state index contributed by atoms with van der Waals surface area (Å²) in [5.74, 6) is -0.346. The van der Waals surface area contributed by atoms with E-state index in [1.165, 1.54) is 5.56 Å². The molecular formula is C28H35N3O4. The van der Waals surface area contributed by atoms with Gasteiger partial charge in [-0.3, -0.25) is 14.8 Å². The number of piperidine rings is 1. The molecule has 1 fully saturated rings. The predicted molar refractivity (Wildman–Crippen MR) is 135 cm³/mol. The van der Waals surface area contributed by atoms with Crippen molar-refractivity contribution < 1.29 is 19.7 Å². The van der Waals surface area contributed by atoms with Crippen LogP contribution >= 0.6 is 0 Å². The van der Waals surface area contributed by atoms with Gasteiger partial charge in [0, 0.05) is 30.5 Å². The Kier molecular flexibility index (Phi) is 8.66. The maximum Gasteiger partial charge on any atom is 0.308 e. The first-order valence-electron chi connectivity index (χ1n) is 12.5. The van der Waals surface area contributed by atoms with Crippen molar-refractivity contribution in [1.29, 1.82) is 0 Å². The molecule has 1 aliphatic heterocycles. The number of hydrogen-bond acceptors (Lipinski definition) is 6. The number of ether oxygens (including phenoxy) is 1. The van der Waals surface area contributed by atoms with E-state index in [1.54, 1.807) is 19.5 Å². The number of nitrogens with zero attached hydrogens (tertiary/aromatic N) is 3. The molecule has 4 rings (SSSR count). The maximum absolute atomic E-state index is 12.1. The van der Waals surface area contributed by atoms with E-state index in [0.717, 1.165) is 61.0 Å². The van der Waals surface area contributed by atoms with Crippen molar-refractivity contribution in [3.05, 3.63) is 66.1 Å². The van der Waals surface area contributed by atoms with Crippen LogP contribution in [0.2, 0.25) is 0 Å². The number of carbonyl (C=O) groups is 1. The highest BCUT2D eigenvalue weighted by molar-refractivity contribution is 5.83. The van der Waals surface area contributed by atoms with E-state index in [1.807, 2.05) is 36.5 Å². The Hall–Kier alpha value is -3.03. The van der Waals surface area contributed by atoms with Crippen LogP contribution in [0.3, 0.4) is 0 Å². The summed E-state index contributed by atoms with van der Waals surface area (Å²) in [6.07, 6.45) is 9.89. The Morgan fingerprint density at radius 1 is 1.23 bits per heavy atom. The molecule has 7 nitrogen and oxygen atoms in total. The quantitative estimate of drug-likeness (QED) is 0.393. The van der Waals surface area contributed by atoms with Crippen molar-refractivity contribution >= 4 is 16.9 Å². The van der Waals surface area contributed by atoms with Gasteiger partial charge in [-0.05, 0) is 99.0 Å². The number of carboxylic acid groups (broad SMARTS) is 1. The molecule has 2 N–H and O–H groups in total. The summed E-state index contributed by atoms with van der Waals surface area (Å²) in [5.41, 5.74) is 2.86. The third-order valence-electron chi connectivity index (χ3n) is 7.22. The second-order valence-corrected chi connectivity index (χ2v) is 9.49. The highest BCUT2D eigenvalue weighted by Crippen LogP contribution is 2.33. The Morgan fingerprint density at radius 2 is 2.11 bits per heavy atom. The number of likely N-dealkylation sites (tertiary alicyclic amines) is 1. The lowest BCUT2D eigenvalue weighted by Crippen LogP contribution is -2.44. The molecule has 0 radical (unpaired) electrons. The van der Waals surface area contributed by atoms with Gasteiger partial charge in [-0.1, -0.05) is 6.07 Å². The summed E-state index contributed by atoms with van der Waals surface area (Å²) in [4.78, 5) is 22.9. The number of aliphatic hydroxyl groups excluding tert-OH is 1. The van der Waals surface area contributed by atoms with Gasteiger partial charge in [0.25, 0.3) is 0 Å². The Labute approximate surface area is 206 Å². The topological polar surface area (TPSA) is 95.8 Å². The number of aliphatic carboxylic acids is 1. The average molecular weight is 478 g/mol. The highest BCUT2D eigenvalue weighted by atomic mass is 16.5. The van der Waals surface area contributed by atoms with Gasteiger partial charge in [-0.2, -0.15) is 0 Å². The Morgan fingerprint density at radius 3 is 2.89 bits per heavy atom. The summed E-state index contributed by atoms with van der Waals surface area (Å²) in [6, 6.07) is 11.5. The molecule has 3 heterocycles. The first-order valence-corrected chi connectivity index (χ1v) is 12.5. The van der Waals surface area contributed by atoms with Crippen molar-refractivity contribution in [2.75, 3.05) is 26.7 Å². The largest absolute Gasteiger partial charge is 0.497 e. The van der Waals surface area contributed by atoms with Gasteiger partial charge >= 0.3 is 5.97 Å². The molecular weight excluding hydrogens is 442 g/mol. The van der Waals surface area contributed by atoms with Gasteiger partial charge < -0.3 is 19.8 Å². The van der Waals surface area contributed by atoms with Gasteiger partial charge in [0.2, 0.25) is 0 Å². The fraction of sp³-hybridized carbons (Fsp3) is 0.464. The van der Waals surface area contributed by atoms with E-state index in [4.69, 9.17) is 4.74 Å². The van der Waals surface area contributed by atoms with Crippen LogP contribution in [0.5, 0.6) is 5.75 Å². The van der Waals surface area contributed by atoms with Gasteiger partial charge in [-0.15, -0.1) is 0 Å². The van der Waals surface area contributed by atoms with E-state index in [-0.39, 0.29) is 5.92 Å². The van der Waals surface area contributed by atoms with Crippen LogP contribution in [-0.4, -0.2) is 57.8 Å². The third-order valence-corrected chi connectivity index (χ3v) is 7.22. The standard InChI is InChI=1S/C28H35N3O4/c1-35-22-8-9-26-24(17-22)23(11-14-30-26)27(32)10-7-21-12-16-31(19-25(21)28(33)34)15-3-2-5-20-6-4-13-29-18-20/h4,6,8-9,11,13-14,17-18,21,25,27,32H,2-3,5,7,10,12,15-16,19H2,1H3,(H,33,34)/t21-,25+,27?/m1/s1. The van der Waals surface area contributed by atoms with E-state index >= 15 is 0 Å². The van der Waals surface area contributed by atoms with Crippen molar-refractivity contribution in [2.45, 2.75) is 44.6 Å². The first-order chi connectivity index (χ1) is 17.0. The van der Waals surface area contributed by atoms with Gasteiger partial charge in [0.15, 0.2) is 0 Å². The summed E-state index contributed by atoms with van der Waals surface area (Å²) in [6.45, 7) is 2.41. The lowest BCUT2D eigenvalue weighted by Gasteiger charge is -2.37. The van der Waals surface area contributed by atoms with Crippen LogP contribution in [0.4, 0.5) is 0 Å². The highest BCUT2D eigenvalue weighted by Gasteiger charge is 2.34. The second-order valence-electron chi connectivity index (χ2n) is 9.49. The summed E-state index contributed by atoms with van der Waals surface area (Å²) in [5, 5.41) is 21.8. The number of aromatic nitrogens is 2. The van der Waals surface area contributed by atoms with Crippen LogP contribution in [0.15, 0.2) is 55.0 Å². The number of hydrogen-bond donors (Lipinski definition) is 2. The minimum Gasteiger partial charge on any atom is -0.497 e. The number of aryl methyl sites for hydroxylation is 1. The zero-order valence-electron chi connectivity index (χ0n) is 20.3. The van der Waals surface area contributed by atoms with Gasteiger partial charge in [0.1, 0.15) is 5.75 Å². The maximum atomic E-state index is 12.1. The van der Waals surface area contributed by atoms with Crippen LogP contribution in [0.1, 0.15) is 49.3 Å². The molecule has 0 aliphatic carbocycles. The van der Waals surface area contributed by atoms with E-state index < -0.39 is 18.0 Å². The lowest BCUT2D eigenvalue weighted by atomic mass is 9.81. The molecule has 186 valence electrons. The lowest BCUT2D eigenvalue weighted by molar-refractivity contribution is -0.146. The molecule has 35 heavy (non-hydrogen) atoms. The normalized spacial score (nSPS) is 19.5. The molecule has 1 unspecified atom stereocenters.